The van der Waals surface area contributed by atoms with E-state index in [4.69, 9.17) is 23.2 Å². The Morgan fingerprint density at radius 1 is 1.04 bits per heavy atom. The standard InChI is InChI=1S/C17H13BrCl2N2O/c18-15-14(21-17(20)22-16(15)19)8-11(9-23)13-7-3-5-10-4-1-2-6-12(10)13/h1-7,11,23H,8-9H2. The molecule has 6 heteroatoms. The van der Waals surface area contributed by atoms with Crippen molar-refractivity contribution in [2.24, 2.45) is 0 Å². The molecule has 1 unspecified atom stereocenters. The summed E-state index contributed by atoms with van der Waals surface area (Å²) in [6.07, 6.45) is 0.507. The predicted molar refractivity (Wildman–Crippen MR) is 97.2 cm³/mol. The van der Waals surface area contributed by atoms with E-state index in [1.807, 2.05) is 24.3 Å². The number of hydrogen-bond donors (Lipinski definition) is 1. The zero-order valence-electron chi connectivity index (χ0n) is 12.0. The molecule has 0 aliphatic rings. The van der Waals surface area contributed by atoms with E-state index < -0.39 is 0 Å². The van der Waals surface area contributed by atoms with Gasteiger partial charge in [0.25, 0.3) is 0 Å². The molecule has 0 saturated carbocycles. The fraction of sp³-hybridized carbons (Fsp3) is 0.176. The highest BCUT2D eigenvalue weighted by atomic mass is 79.9. The van der Waals surface area contributed by atoms with Crippen LogP contribution in [0.25, 0.3) is 10.8 Å². The van der Waals surface area contributed by atoms with Crippen molar-refractivity contribution < 1.29 is 5.11 Å². The Morgan fingerprint density at radius 2 is 1.78 bits per heavy atom. The summed E-state index contributed by atoms with van der Waals surface area (Å²) in [6.45, 7) is -0.000309. The molecule has 0 radical (unpaired) electrons. The lowest BCUT2D eigenvalue weighted by atomic mass is 9.90. The molecule has 0 fully saturated rings. The van der Waals surface area contributed by atoms with Crippen LogP contribution in [0.1, 0.15) is 17.2 Å². The van der Waals surface area contributed by atoms with Crippen LogP contribution in [-0.4, -0.2) is 21.7 Å². The zero-order valence-corrected chi connectivity index (χ0v) is 15.1. The smallest absolute Gasteiger partial charge is 0.224 e. The fourth-order valence-electron chi connectivity index (χ4n) is 2.68. The van der Waals surface area contributed by atoms with Gasteiger partial charge in [0.1, 0.15) is 5.15 Å². The molecule has 3 aromatic rings. The molecule has 0 amide bonds. The summed E-state index contributed by atoms with van der Waals surface area (Å²) in [4.78, 5) is 8.14. The average molecular weight is 412 g/mol. The monoisotopic (exact) mass is 410 g/mol. The van der Waals surface area contributed by atoms with Gasteiger partial charge in [-0.2, -0.15) is 0 Å². The van der Waals surface area contributed by atoms with E-state index in [1.165, 1.54) is 0 Å². The average Bonchev–Trinajstić information content (AvgIpc) is 2.56. The molecule has 1 atom stereocenters. The minimum atomic E-state index is -0.112. The van der Waals surface area contributed by atoms with E-state index in [0.29, 0.717) is 16.6 Å². The van der Waals surface area contributed by atoms with E-state index in [9.17, 15) is 5.11 Å². The molecular weight excluding hydrogens is 399 g/mol. The number of benzene rings is 2. The second-order valence-electron chi connectivity index (χ2n) is 5.20. The van der Waals surface area contributed by atoms with Crippen molar-refractivity contribution >= 4 is 49.9 Å². The highest BCUT2D eigenvalue weighted by molar-refractivity contribution is 9.10. The molecule has 23 heavy (non-hydrogen) atoms. The first-order chi connectivity index (χ1) is 11.1. The third kappa shape index (κ3) is 3.50. The highest BCUT2D eigenvalue weighted by Gasteiger charge is 2.18. The van der Waals surface area contributed by atoms with Gasteiger partial charge in [0.05, 0.1) is 16.8 Å². The maximum Gasteiger partial charge on any atom is 0.224 e. The van der Waals surface area contributed by atoms with Gasteiger partial charge in [-0.05, 0) is 43.9 Å². The lowest BCUT2D eigenvalue weighted by Gasteiger charge is -2.17. The van der Waals surface area contributed by atoms with Crippen LogP contribution < -0.4 is 0 Å². The molecule has 0 saturated heterocycles. The summed E-state index contributed by atoms with van der Waals surface area (Å²) >= 11 is 15.3. The van der Waals surface area contributed by atoms with Crippen molar-refractivity contribution in [1.29, 1.82) is 0 Å². The van der Waals surface area contributed by atoms with Gasteiger partial charge in [0, 0.05) is 12.3 Å². The first-order valence-corrected chi connectivity index (χ1v) is 8.61. The van der Waals surface area contributed by atoms with E-state index in [2.05, 4.69) is 44.1 Å². The van der Waals surface area contributed by atoms with Crippen molar-refractivity contribution in [2.75, 3.05) is 6.61 Å². The van der Waals surface area contributed by atoms with Gasteiger partial charge in [0.2, 0.25) is 5.28 Å². The second kappa shape index (κ2) is 7.14. The minimum Gasteiger partial charge on any atom is -0.396 e. The second-order valence-corrected chi connectivity index (χ2v) is 6.69. The van der Waals surface area contributed by atoms with Crippen LogP contribution in [0.4, 0.5) is 0 Å². The van der Waals surface area contributed by atoms with Crippen LogP contribution in [0, 0.1) is 0 Å². The van der Waals surface area contributed by atoms with E-state index in [-0.39, 0.29) is 23.0 Å². The predicted octanol–water partition coefficient (Wildman–Crippen LogP) is 5.02. The molecule has 2 aromatic carbocycles. The van der Waals surface area contributed by atoms with Gasteiger partial charge in [-0.25, -0.2) is 9.97 Å². The highest BCUT2D eigenvalue weighted by Crippen LogP contribution is 2.32. The fourth-order valence-corrected chi connectivity index (χ4v) is 3.44. The Bertz CT molecular complexity index is 852. The van der Waals surface area contributed by atoms with Gasteiger partial charge in [-0.15, -0.1) is 0 Å². The normalized spacial score (nSPS) is 12.5. The van der Waals surface area contributed by atoms with Gasteiger partial charge >= 0.3 is 0 Å². The number of aromatic nitrogens is 2. The van der Waals surface area contributed by atoms with E-state index >= 15 is 0 Å². The van der Waals surface area contributed by atoms with Crippen LogP contribution in [0.15, 0.2) is 46.9 Å². The van der Waals surface area contributed by atoms with Crippen molar-refractivity contribution in [3.63, 3.8) is 0 Å². The zero-order chi connectivity index (χ0) is 16.4. The van der Waals surface area contributed by atoms with Crippen molar-refractivity contribution in [1.82, 2.24) is 9.97 Å². The molecule has 0 bridgehead atoms. The summed E-state index contributed by atoms with van der Waals surface area (Å²) in [5.41, 5.74) is 1.75. The molecule has 0 spiro atoms. The summed E-state index contributed by atoms with van der Waals surface area (Å²) < 4.78 is 0.613. The van der Waals surface area contributed by atoms with E-state index in [1.54, 1.807) is 0 Å². The van der Waals surface area contributed by atoms with Crippen LogP contribution in [0.2, 0.25) is 10.4 Å². The van der Waals surface area contributed by atoms with Crippen molar-refractivity contribution in [3.05, 3.63) is 68.6 Å². The number of aliphatic hydroxyl groups excluding tert-OH is 1. The molecule has 1 aromatic heterocycles. The van der Waals surface area contributed by atoms with Crippen LogP contribution in [0.5, 0.6) is 0 Å². The molecule has 0 aliphatic carbocycles. The maximum absolute atomic E-state index is 9.91. The number of aliphatic hydroxyl groups is 1. The third-order valence-electron chi connectivity index (χ3n) is 3.78. The molecule has 1 N–H and O–H groups in total. The summed E-state index contributed by atoms with van der Waals surface area (Å²) in [5.74, 6) is -0.112. The number of hydrogen-bond acceptors (Lipinski definition) is 3. The number of halogens is 3. The van der Waals surface area contributed by atoms with Crippen LogP contribution in [-0.2, 0) is 6.42 Å². The van der Waals surface area contributed by atoms with Crippen LogP contribution >= 0.6 is 39.1 Å². The Labute approximate surface area is 152 Å². The quantitative estimate of drug-likeness (QED) is 0.484. The van der Waals surface area contributed by atoms with Gasteiger partial charge in [-0.3, -0.25) is 0 Å². The van der Waals surface area contributed by atoms with Gasteiger partial charge in [0.15, 0.2) is 0 Å². The molecule has 1 heterocycles. The third-order valence-corrected chi connectivity index (χ3v) is 5.28. The Morgan fingerprint density at radius 3 is 2.57 bits per heavy atom. The first kappa shape index (κ1) is 16.7. The van der Waals surface area contributed by atoms with Crippen molar-refractivity contribution in [2.45, 2.75) is 12.3 Å². The molecule has 118 valence electrons. The Kier molecular flexibility index (Phi) is 5.17. The minimum absolute atomic E-state index is 0.000309. The molecule has 3 rings (SSSR count). The summed E-state index contributed by atoms with van der Waals surface area (Å²) in [7, 11) is 0. The lowest BCUT2D eigenvalue weighted by molar-refractivity contribution is 0.264. The SMILES string of the molecule is OCC(Cc1nc(Cl)nc(Cl)c1Br)c1cccc2ccccc12. The number of nitrogens with zero attached hydrogens (tertiary/aromatic N) is 2. The van der Waals surface area contributed by atoms with Crippen LogP contribution in [0.3, 0.4) is 0 Å². The number of rotatable bonds is 4. The largest absolute Gasteiger partial charge is 0.396 e. The Balaban J connectivity index is 2.03. The van der Waals surface area contributed by atoms with E-state index in [0.717, 1.165) is 16.3 Å². The molecule has 0 aliphatic heterocycles. The summed E-state index contributed by atoms with van der Waals surface area (Å²) in [5, 5.41) is 12.5. The van der Waals surface area contributed by atoms with Crippen molar-refractivity contribution in [3.8, 4) is 0 Å². The maximum atomic E-state index is 9.91. The molecular formula is C17H13BrCl2N2O. The van der Waals surface area contributed by atoms with Gasteiger partial charge < -0.3 is 5.11 Å². The lowest BCUT2D eigenvalue weighted by Crippen LogP contribution is -2.10. The molecule has 3 nitrogen and oxygen atoms in total. The first-order valence-electron chi connectivity index (χ1n) is 7.06. The number of fused-ring (bicyclic) bond motifs is 1. The topological polar surface area (TPSA) is 46.0 Å². The van der Waals surface area contributed by atoms with Gasteiger partial charge in [-0.1, -0.05) is 54.1 Å². The summed E-state index contributed by atoms with van der Waals surface area (Å²) in [6, 6.07) is 14.2. The Hall–Kier alpha value is -1.20.